The first kappa shape index (κ1) is 15.5. The summed E-state index contributed by atoms with van der Waals surface area (Å²) in [5.74, 6) is 1.51. The zero-order valence-corrected chi connectivity index (χ0v) is 12.7. The number of fused-ring (bicyclic) bond motifs is 2. The molecule has 0 radical (unpaired) electrons. The Morgan fingerprint density at radius 3 is 2.61 bits per heavy atom. The van der Waals surface area contributed by atoms with Crippen molar-refractivity contribution < 1.29 is 14.6 Å². The maximum Gasteiger partial charge on any atom is 0.335 e. The number of nitro groups is 1. The van der Waals surface area contributed by atoms with Crippen molar-refractivity contribution in [3.05, 3.63) is 39.9 Å². The van der Waals surface area contributed by atoms with Gasteiger partial charge in [-0.2, -0.15) is 0 Å². The first-order chi connectivity index (χ1) is 11.0. The fourth-order valence-electron chi connectivity index (χ4n) is 3.78. The van der Waals surface area contributed by atoms with E-state index in [-0.39, 0.29) is 17.5 Å². The van der Waals surface area contributed by atoms with Crippen LogP contribution in [0.15, 0.2) is 29.4 Å². The Bertz CT molecular complexity index is 641. The molecule has 1 aromatic carbocycles. The van der Waals surface area contributed by atoms with Crippen molar-refractivity contribution in [1.82, 2.24) is 0 Å². The van der Waals surface area contributed by atoms with Crippen LogP contribution in [0.1, 0.15) is 37.7 Å². The lowest BCUT2D eigenvalue weighted by molar-refractivity contribution is -0.384. The molecule has 0 heterocycles. The van der Waals surface area contributed by atoms with Crippen LogP contribution in [0, 0.1) is 27.9 Å². The molecule has 0 amide bonds. The summed E-state index contributed by atoms with van der Waals surface area (Å²) >= 11 is 0. The van der Waals surface area contributed by atoms with Crippen molar-refractivity contribution in [2.45, 2.75) is 32.1 Å². The SMILES string of the molecule is N/C(=N/OC(=O)C[C@H]1C[C@@H]2CC[C@@H]1C2)c1ccc([N+](=O)[O-])cc1. The first-order valence-electron chi connectivity index (χ1n) is 7.81. The second-order valence-electron chi connectivity index (χ2n) is 6.38. The average molecular weight is 317 g/mol. The predicted molar refractivity (Wildman–Crippen MR) is 83.5 cm³/mol. The van der Waals surface area contributed by atoms with Gasteiger partial charge in [-0.05, 0) is 49.1 Å². The van der Waals surface area contributed by atoms with Crippen molar-refractivity contribution in [2.75, 3.05) is 0 Å². The van der Waals surface area contributed by atoms with Crippen molar-refractivity contribution >= 4 is 17.5 Å². The van der Waals surface area contributed by atoms with Crippen molar-refractivity contribution in [2.24, 2.45) is 28.6 Å². The van der Waals surface area contributed by atoms with Gasteiger partial charge in [-0.1, -0.05) is 11.6 Å². The van der Waals surface area contributed by atoms with Crippen LogP contribution in [0.2, 0.25) is 0 Å². The predicted octanol–water partition coefficient (Wildman–Crippen LogP) is 2.58. The Hall–Kier alpha value is -2.44. The number of amidine groups is 1. The van der Waals surface area contributed by atoms with E-state index in [1.54, 1.807) is 0 Å². The van der Waals surface area contributed by atoms with Crippen LogP contribution >= 0.6 is 0 Å². The molecule has 0 aromatic heterocycles. The normalized spacial score (nSPS) is 26.3. The second-order valence-corrected chi connectivity index (χ2v) is 6.38. The van der Waals surface area contributed by atoms with Gasteiger partial charge in [0.2, 0.25) is 0 Å². The number of rotatable bonds is 5. The topological polar surface area (TPSA) is 108 Å². The smallest absolute Gasteiger partial charge is 0.335 e. The molecule has 3 atom stereocenters. The minimum absolute atomic E-state index is 0.0289. The fourth-order valence-corrected chi connectivity index (χ4v) is 3.78. The summed E-state index contributed by atoms with van der Waals surface area (Å²) in [5, 5.41) is 14.2. The van der Waals surface area contributed by atoms with Crippen LogP contribution in [0.4, 0.5) is 5.69 Å². The Morgan fingerprint density at radius 1 is 1.30 bits per heavy atom. The molecule has 122 valence electrons. The molecule has 7 heteroatoms. The molecular weight excluding hydrogens is 298 g/mol. The van der Waals surface area contributed by atoms with Crippen LogP contribution in [0.25, 0.3) is 0 Å². The molecule has 7 nitrogen and oxygen atoms in total. The van der Waals surface area contributed by atoms with E-state index in [2.05, 4.69) is 5.16 Å². The first-order valence-corrected chi connectivity index (χ1v) is 7.81. The molecule has 2 saturated carbocycles. The van der Waals surface area contributed by atoms with Gasteiger partial charge >= 0.3 is 5.97 Å². The van der Waals surface area contributed by atoms with Gasteiger partial charge in [0.05, 0.1) is 11.3 Å². The molecule has 2 fully saturated rings. The number of carbonyl (C=O) groups is 1. The van der Waals surface area contributed by atoms with Crippen molar-refractivity contribution in [3.63, 3.8) is 0 Å². The molecule has 2 aliphatic rings. The number of non-ortho nitro benzene ring substituents is 1. The number of hydrogen-bond donors (Lipinski definition) is 1. The summed E-state index contributed by atoms with van der Waals surface area (Å²) in [5.41, 5.74) is 6.18. The second kappa shape index (κ2) is 6.36. The summed E-state index contributed by atoms with van der Waals surface area (Å²) in [4.78, 5) is 26.9. The lowest BCUT2D eigenvalue weighted by Crippen LogP contribution is -2.18. The Morgan fingerprint density at radius 2 is 2.04 bits per heavy atom. The molecule has 2 bridgehead atoms. The highest BCUT2D eigenvalue weighted by Gasteiger charge is 2.40. The lowest BCUT2D eigenvalue weighted by Gasteiger charge is -2.19. The van der Waals surface area contributed by atoms with Crippen LogP contribution in [0.3, 0.4) is 0 Å². The van der Waals surface area contributed by atoms with Crippen molar-refractivity contribution in [1.29, 1.82) is 0 Å². The van der Waals surface area contributed by atoms with E-state index >= 15 is 0 Å². The standard InChI is InChI=1S/C16H19N3O4/c17-16(11-3-5-14(6-4-11)19(21)22)18-23-15(20)9-13-8-10-1-2-12(13)7-10/h3-6,10,12-13H,1-2,7-9H2,(H2,17,18)/t10-,12-,13-/m1/s1. The van der Waals surface area contributed by atoms with E-state index in [9.17, 15) is 14.9 Å². The van der Waals surface area contributed by atoms with E-state index in [0.717, 1.165) is 12.3 Å². The summed E-state index contributed by atoms with van der Waals surface area (Å²) < 4.78 is 0. The minimum Gasteiger partial charge on any atom is -0.380 e. The molecule has 0 aliphatic heterocycles. The lowest BCUT2D eigenvalue weighted by atomic mass is 9.86. The number of nitrogens with two attached hydrogens (primary N) is 1. The third-order valence-corrected chi connectivity index (χ3v) is 4.93. The van der Waals surface area contributed by atoms with E-state index in [1.165, 1.54) is 43.5 Å². The Labute approximate surface area is 133 Å². The van der Waals surface area contributed by atoms with E-state index in [0.29, 0.717) is 23.8 Å². The maximum absolute atomic E-state index is 11.9. The van der Waals surface area contributed by atoms with Gasteiger partial charge in [-0.3, -0.25) is 10.1 Å². The van der Waals surface area contributed by atoms with Crippen LogP contribution in [0.5, 0.6) is 0 Å². The van der Waals surface area contributed by atoms with Gasteiger partial charge in [0.15, 0.2) is 5.84 Å². The molecule has 2 N–H and O–H groups in total. The quantitative estimate of drug-likeness (QED) is 0.295. The largest absolute Gasteiger partial charge is 0.380 e. The van der Waals surface area contributed by atoms with Gasteiger partial charge in [0.25, 0.3) is 5.69 Å². The zero-order chi connectivity index (χ0) is 16.4. The Kier molecular flexibility index (Phi) is 4.27. The fraction of sp³-hybridized carbons (Fsp3) is 0.500. The molecule has 0 unspecified atom stereocenters. The highest BCUT2D eigenvalue weighted by molar-refractivity contribution is 5.97. The summed E-state index contributed by atoms with van der Waals surface area (Å²) in [6.45, 7) is 0. The Balaban J connectivity index is 1.54. The number of hydrogen-bond acceptors (Lipinski definition) is 5. The highest BCUT2D eigenvalue weighted by Crippen LogP contribution is 2.49. The van der Waals surface area contributed by atoms with Gasteiger partial charge in [0, 0.05) is 17.7 Å². The zero-order valence-electron chi connectivity index (χ0n) is 12.7. The van der Waals surface area contributed by atoms with Gasteiger partial charge in [-0.15, -0.1) is 0 Å². The molecular formula is C16H19N3O4. The minimum atomic E-state index is -0.494. The maximum atomic E-state index is 11.9. The van der Waals surface area contributed by atoms with E-state index in [1.807, 2.05) is 0 Å². The third-order valence-electron chi connectivity index (χ3n) is 4.93. The highest BCUT2D eigenvalue weighted by atomic mass is 16.7. The van der Waals surface area contributed by atoms with Gasteiger partial charge < -0.3 is 10.6 Å². The van der Waals surface area contributed by atoms with Crippen LogP contribution in [-0.2, 0) is 9.63 Å². The molecule has 0 spiro atoms. The molecule has 1 aromatic rings. The number of benzene rings is 1. The van der Waals surface area contributed by atoms with Gasteiger partial charge in [0.1, 0.15) is 0 Å². The molecule has 23 heavy (non-hydrogen) atoms. The van der Waals surface area contributed by atoms with Crippen molar-refractivity contribution in [3.8, 4) is 0 Å². The molecule has 0 saturated heterocycles. The van der Waals surface area contributed by atoms with E-state index < -0.39 is 4.92 Å². The number of nitro benzene ring substituents is 1. The summed E-state index contributed by atoms with van der Waals surface area (Å²) in [7, 11) is 0. The van der Waals surface area contributed by atoms with Crippen LogP contribution in [-0.4, -0.2) is 16.7 Å². The van der Waals surface area contributed by atoms with Crippen LogP contribution < -0.4 is 5.73 Å². The summed E-state index contributed by atoms with van der Waals surface area (Å²) in [6.07, 6.45) is 5.25. The number of nitrogens with zero attached hydrogens (tertiary/aromatic N) is 2. The average Bonchev–Trinajstić information content (AvgIpc) is 3.15. The monoisotopic (exact) mass is 317 g/mol. The number of oxime groups is 1. The van der Waals surface area contributed by atoms with Gasteiger partial charge in [-0.25, -0.2) is 4.79 Å². The summed E-state index contributed by atoms with van der Waals surface area (Å²) in [6, 6.07) is 5.60. The molecule has 2 aliphatic carbocycles. The third kappa shape index (κ3) is 3.49. The van der Waals surface area contributed by atoms with E-state index in [4.69, 9.17) is 10.6 Å². The molecule has 3 rings (SSSR count). The number of carbonyl (C=O) groups excluding carboxylic acids is 1.